The Hall–Kier alpha value is -1.65. The van der Waals surface area contributed by atoms with E-state index >= 15 is 0 Å². The lowest BCUT2D eigenvalue weighted by Crippen LogP contribution is -2.10. The van der Waals surface area contributed by atoms with Crippen LogP contribution in [-0.4, -0.2) is 15.9 Å². The van der Waals surface area contributed by atoms with Crippen molar-refractivity contribution in [2.75, 3.05) is 0 Å². The van der Waals surface area contributed by atoms with E-state index in [1.165, 1.54) is 6.07 Å². The molecular formula is C6H8N4O. The van der Waals surface area contributed by atoms with Gasteiger partial charge in [0.2, 0.25) is 0 Å². The van der Waals surface area contributed by atoms with Gasteiger partial charge in [0.15, 0.2) is 0 Å². The van der Waals surface area contributed by atoms with Crippen LogP contribution < -0.4 is 11.4 Å². The van der Waals surface area contributed by atoms with Crippen molar-refractivity contribution in [3.05, 3.63) is 28.2 Å². The van der Waals surface area contributed by atoms with E-state index < -0.39 is 0 Å². The summed E-state index contributed by atoms with van der Waals surface area (Å²) in [5.74, 6) is 5.00. The number of hydrogen-bond donors (Lipinski definition) is 2. The first-order chi connectivity index (χ1) is 5.24. The zero-order valence-corrected chi connectivity index (χ0v) is 6.03. The summed E-state index contributed by atoms with van der Waals surface area (Å²) in [6, 6.07) is 2.93. The van der Waals surface area contributed by atoms with Crippen molar-refractivity contribution in [3.63, 3.8) is 0 Å². The third-order valence-electron chi connectivity index (χ3n) is 1.24. The Morgan fingerprint density at radius 3 is 2.91 bits per heavy atom. The molecule has 0 unspecified atom stereocenters. The van der Waals surface area contributed by atoms with E-state index in [0.717, 1.165) is 0 Å². The minimum Gasteiger partial charge on any atom is -0.323 e. The molecule has 0 saturated heterocycles. The maximum absolute atomic E-state index is 10.5. The Bertz CT molecular complexity index is 307. The first kappa shape index (κ1) is 7.46. The molecule has 0 saturated carbocycles. The minimum absolute atomic E-state index is 0.237. The first-order valence-corrected chi connectivity index (χ1v) is 3.04. The first-order valence-electron chi connectivity index (χ1n) is 3.04. The molecule has 1 aromatic rings. The van der Waals surface area contributed by atoms with Crippen LogP contribution in [0, 0.1) is 0 Å². The number of rotatable bonds is 1. The van der Waals surface area contributed by atoms with Crippen molar-refractivity contribution in [2.45, 2.75) is 6.92 Å². The fraction of sp³-hybridized carbons (Fsp3) is 0.167. The monoisotopic (exact) mass is 152 g/mol. The lowest BCUT2D eigenvalue weighted by atomic mass is 10.3. The van der Waals surface area contributed by atoms with Gasteiger partial charge in [0.25, 0.3) is 5.56 Å². The molecule has 1 rings (SSSR count). The van der Waals surface area contributed by atoms with Crippen molar-refractivity contribution >= 4 is 5.71 Å². The fourth-order valence-corrected chi connectivity index (χ4v) is 0.612. The van der Waals surface area contributed by atoms with E-state index in [2.05, 4.69) is 15.3 Å². The van der Waals surface area contributed by atoms with Crippen LogP contribution in [-0.2, 0) is 0 Å². The normalized spacial score (nSPS) is 11.5. The molecule has 0 aromatic carbocycles. The molecule has 0 bridgehead atoms. The summed E-state index contributed by atoms with van der Waals surface area (Å²) < 4.78 is 0. The van der Waals surface area contributed by atoms with Crippen LogP contribution in [0.15, 0.2) is 22.0 Å². The number of aromatic nitrogens is 2. The standard InChI is InChI=1S/C6H8N4O/c1-4(8-7)5-2-3-6(11)10-9-5/h2-3H,7H2,1H3,(H,10,11)/b8-4-. The maximum atomic E-state index is 10.5. The number of H-pyrrole nitrogens is 1. The van der Waals surface area contributed by atoms with Gasteiger partial charge in [-0.05, 0) is 13.0 Å². The summed E-state index contributed by atoms with van der Waals surface area (Å²) in [7, 11) is 0. The molecule has 11 heavy (non-hydrogen) atoms. The molecule has 3 N–H and O–H groups in total. The van der Waals surface area contributed by atoms with E-state index in [0.29, 0.717) is 11.4 Å². The Labute approximate surface area is 62.9 Å². The Balaban J connectivity index is 3.09. The molecule has 1 aromatic heterocycles. The van der Waals surface area contributed by atoms with Gasteiger partial charge in [0, 0.05) is 6.07 Å². The lowest BCUT2D eigenvalue weighted by molar-refractivity contribution is 0.972. The highest BCUT2D eigenvalue weighted by Crippen LogP contribution is 1.89. The molecule has 5 heteroatoms. The predicted octanol–water partition coefficient (Wildman–Crippen LogP) is -0.547. The van der Waals surface area contributed by atoms with Crippen LogP contribution in [0.3, 0.4) is 0 Å². The highest BCUT2D eigenvalue weighted by Gasteiger charge is 1.96. The van der Waals surface area contributed by atoms with Gasteiger partial charge < -0.3 is 5.84 Å². The number of hydrogen-bond acceptors (Lipinski definition) is 4. The van der Waals surface area contributed by atoms with Gasteiger partial charge >= 0.3 is 0 Å². The number of nitrogens with two attached hydrogens (primary N) is 1. The van der Waals surface area contributed by atoms with Gasteiger partial charge in [0.1, 0.15) is 5.69 Å². The molecular weight excluding hydrogens is 144 g/mol. The van der Waals surface area contributed by atoms with E-state index in [9.17, 15) is 4.79 Å². The van der Waals surface area contributed by atoms with Crippen molar-refractivity contribution in [1.82, 2.24) is 10.2 Å². The van der Waals surface area contributed by atoms with Crippen LogP contribution in [0.4, 0.5) is 0 Å². The molecule has 0 atom stereocenters. The Morgan fingerprint density at radius 1 is 1.73 bits per heavy atom. The number of nitrogens with one attached hydrogen (secondary N) is 1. The highest BCUT2D eigenvalue weighted by atomic mass is 16.1. The fourth-order valence-electron chi connectivity index (χ4n) is 0.612. The maximum Gasteiger partial charge on any atom is 0.264 e. The third-order valence-corrected chi connectivity index (χ3v) is 1.24. The van der Waals surface area contributed by atoms with E-state index in [1.54, 1.807) is 13.0 Å². The number of aromatic amines is 1. The summed E-state index contributed by atoms with van der Waals surface area (Å²) in [6.45, 7) is 1.71. The number of hydrazone groups is 1. The van der Waals surface area contributed by atoms with E-state index in [1.807, 2.05) is 0 Å². The zero-order chi connectivity index (χ0) is 8.27. The van der Waals surface area contributed by atoms with Crippen LogP contribution >= 0.6 is 0 Å². The average Bonchev–Trinajstić information content (AvgIpc) is 2.05. The largest absolute Gasteiger partial charge is 0.323 e. The third kappa shape index (κ3) is 1.64. The molecule has 5 nitrogen and oxygen atoms in total. The van der Waals surface area contributed by atoms with E-state index in [4.69, 9.17) is 5.84 Å². The average molecular weight is 152 g/mol. The summed E-state index contributed by atoms with van der Waals surface area (Å²) >= 11 is 0. The van der Waals surface area contributed by atoms with Crippen LogP contribution in [0.5, 0.6) is 0 Å². The second-order valence-electron chi connectivity index (χ2n) is 2.02. The van der Waals surface area contributed by atoms with Crippen LogP contribution in [0.1, 0.15) is 12.6 Å². The summed E-state index contributed by atoms with van der Waals surface area (Å²) in [5.41, 5.74) is 0.923. The van der Waals surface area contributed by atoms with Gasteiger partial charge in [-0.3, -0.25) is 4.79 Å². The van der Waals surface area contributed by atoms with Gasteiger partial charge in [-0.2, -0.15) is 10.2 Å². The zero-order valence-electron chi connectivity index (χ0n) is 6.03. The van der Waals surface area contributed by atoms with Gasteiger partial charge in [-0.25, -0.2) is 5.10 Å². The Morgan fingerprint density at radius 2 is 2.45 bits per heavy atom. The molecule has 0 spiro atoms. The minimum atomic E-state index is -0.237. The topological polar surface area (TPSA) is 84.1 Å². The molecule has 0 fully saturated rings. The molecule has 0 aliphatic carbocycles. The molecule has 1 heterocycles. The van der Waals surface area contributed by atoms with Crippen molar-refractivity contribution in [3.8, 4) is 0 Å². The van der Waals surface area contributed by atoms with Crippen LogP contribution in [0.25, 0.3) is 0 Å². The van der Waals surface area contributed by atoms with Crippen molar-refractivity contribution < 1.29 is 0 Å². The molecule has 0 aliphatic heterocycles. The quantitative estimate of drug-likeness (QED) is 0.322. The number of nitrogens with zero attached hydrogens (tertiary/aromatic N) is 2. The SMILES string of the molecule is C/C(=N/N)c1ccc(=O)[nH]n1. The molecule has 58 valence electrons. The van der Waals surface area contributed by atoms with Gasteiger partial charge in [-0.15, -0.1) is 0 Å². The van der Waals surface area contributed by atoms with E-state index in [-0.39, 0.29) is 5.56 Å². The Kier molecular flexibility index (Phi) is 2.00. The predicted molar refractivity (Wildman–Crippen MR) is 41.3 cm³/mol. The van der Waals surface area contributed by atoms with Crippen LogP contribution in [0.2, 0.25) is 0 Å². The lowest BCUT2D eigenvalue weighted by Gasteiger charge is -1.93. The highest BCUT2D eigenvalue weighted by molar-refractivity contribution is 5.96. The van der Waals surface area contributed by atoms with Crippen molar-refractivity contribution in [1.29, 1.82) is 0 Å². The van der Waals surface area contributed by atoms with Crippen molar-refractivity contribution in [2.24, 2.45) is 10.9 Å². The molecule has 0 radical (unpaired) electrons. The van der Waals surface area contributed by atoms with Gasteiger partial charge in [0.05, 0.1) is 5.71 Å². The molecule has 0 amide bonds. The second-order valence-corrected chi connectivity index (χ2v) is 2.02. The van der Waals surface area contributed by atoms with Gasteiger partial charge in [-0.1, -0.05) is 0 Å². The summed E-state index contributed by atoms with van der Waals surface area (Å²) in [5, 5.41) is 9.39. The second kappa shape index (κ2) is 2.96. The molecule has 0 aliphatic rings. The summed E-state index contributed by atoms with van der Waals surface area (Å²) in [6.07, 6.45) is 0. The summed E-state index contributed by atoms with van der Waals surface area (Å²) in [4.78, 5) is 10.5. The smallest absolute Gasteiger partial charge is 0.264 e.